The number of halogens is 1. The highest BCUT2D eigenvalue weighted by molar-refractivity contribution is 6.32. The molecule has 160 valence electrons. The standard InChI is InChI=1S/C26H23ClN4O/c1-3-4-5-6-23-29-24(25(27)30-23)22-13-20(10-7-17(22)2)26(32)31-15-21(16-31)19-11-8-18(14-28)9-12-19/h7-13,21H,3-4,15-16H2,1-2H3,(H,29,30). The lowest BCUT2D eigenvalue weighted by atomic mass is 9.90. The normalized spacial score (nSPS) is 13.1. The Labute approximate surface area is 193 Å². The second-order valence-corrected chi connectivity index (χ2v) is 8.35. The predicted octanol–water partition coefficient (Wildman–Crippen LogP) is 5.30. The van der Waals surface area contributed by atoms with Gasteiger partial charge in [-0.15, -0.1) is 0 Å². The number of amides is 1. The average molecular weight is 443 g/mol. The molecule has 4 rings (SSSR count). The lowest BCUT2D eigenvalue weighted by Gasteiger charge is -2.39. The summed E-state index contributed by atoms with van der Waals surface area (Å²) in [5.74, 6) is 6.88. The van der Waals surface area contributed by atoms with Crippen LogP contribution >= 0.6 is 11.6 Å². The molecule has 2 aromatic carbocycles. The molecule has 1 aliphatic heterocycles. The fourth-order valence-electron chi connectivity index (χ4n) is 3.74. The smallest absolute Gasteiger partial charge is 0.253 e. The molecule has 6 heteroatoms. The second-order valence-electron chi connectivity index (χ2n) is 7.97. The minimum absolute atomic E-state index is 0.00855. The number of H-pyrrole nitrogens is 1. The molecule has 1 N–H and O–H groups in total. The molecule has 0 bridgehead atoms. The highest BCUT2D eigenvalue weighted by Gasteiger charge is 2.32. The molecule has 0 radical (unpaired) electrons. The molecule has 32 heavy (non-hydrogen) atoms. The zero-order valence-corrected chi connectivity index (χ0v) is 18.8. The van der Waals surface area contributed by atoms with Crippen LogP contribution in [0.5, 0.6) is 0 Å². The molecule has 2 heterocycles. The van der Waals surface area contributed by atoms with E-state index >= 15 is 0 Å². The Kier molecular flexibility index (Phi) is 6.30. The van der Waals surface area contributed by atoms with Gasteiger partial charge in [-0.25, -0.2) is 4.98 Å². The van der Waals surface area contributed by atoms with Gasteiger partial charge in [0.05, 0.1) is 11.6 Å². The number of hydrogen-bond acceptors (Lipinski definition) is 3. The SMILES string of the molecule is CCCC#Cc1nc(-c2cc(C(=O)N3CC(c4ccc(C#N)cc4)C3)ccc2C)c(Cl)[nH]1. The topological polar surface area (TPSA) is 72.8 Å². The van der Waals surface area contributed by atoms with Crippen LogP contribution in [-0.4, -0.2) is 33.9 Å². The number of carbonyl (C=O) groups is 1. The van der Waals surface area contributed by atoms with Crippen LogP contribution in [0.15, 0.2) is 42.5 Å². The van der Waals surface area contributed by atoms with Gasteiger partial charge in [-0.3, -0.25) is 4.79 Å². The van der Waals surface area contributed by atoms with E-state index in [2.05, 4.69) is 34.8 Å². The van der Waals surface area contributed by atoms with E-state index in [1.54, 1.807) is 0 Å². The minimum atomic E-state index is -0.00855. The highest BCUT2D eigenvalue weighted by Crippen LogP contribution is 2.32. The summed E-state index contributed by atoms with van der Waals surface area (Å²) in [5.41, 5.74) is 4.83. The second kappa shape index (κ2) is 9.30. The van der Waals surface area contributed by atoms with Crippen molar-refractivity contribution in [3.8, 4) is 29.2 Å². The van der Waals surface area contributed by atoms with Crippen molar-refractivity contribution < 1.29 is 4.79 Å². The minimum Gasteiger partial charge on any atom is -0.337 e. The summed E-state index contributed by atoms with van der Waals surface area (Å²) in [6.07, 6.45) is 1.79. The number of rotatable bonds is 4. The summed E-state index contributed by atoms with van der Waals surface area (Å²) in [6, 6.07) is 15.3. The Morgan fingerprint density at radius 3 is 2.69 bits per heavy atom. The van der Waals surface area contributed by atoms with E-state index < -0.39 is 0 Å². The Morgan fingerprint density at radius 1 is 1.25 bits per heavy atom. The molecule has 0 atom stereocenters. The summed E-state index contributed by atoms with van der Waals surface area (Å²) in [7, 11) is 0. The van der Waals surface area contributed by atoms with Gasteiger partial charge in [0.1, 0.15) is 10.8 Å². The Bertz CT molecular complexity index is 1250. The van der Waals surface area contributed by atoms with E-state index in [0.29, 0.717) is 46.8 Å². The van der Waals surface area contributed by atoms with E-state index in [-0.39, 0.29) is 5.91 Å². The maximum absolute atomic E-state index is 13.1. The quantitative estimate of drug-likeness (QED) is 0.557. The zero-order valence-electron chi connectivity index (χ0n) is 18.1. The van der Waals surface area contributed by atoms with Crippen molar-refractivity contribution in [2.45, 2.75) is 32.6 Å². The van der Waals surface area contributed by atoms with Crippen LogP contribution in [0.3, 0.4) is 0 Å². The van der Waals surface area contributed by atoms with Crippen LogP contribution in [0.4, 0.5) is 0 Å². The molecule has 0 spiro atoms. The van der Waals surface area contributed by atoms with Crippen LogP contribution in [0, 0.1) is 30.1 Å². The van der Waals surface area contributed by atoms with Crippen LogP contribution in [0.2, 0.25) is 5.15 Å². The average Bonchev–Trinajstić information content (AvgIpc) is 3.13. The van der Waals surface area contributed by atoms with Crippen LogP contribution < -0.4 is 0 Å². The molecule has 1 aliphatic rings. The summed E-state index contributed by atoms with van der Waals surface area (Å²) in [5, 5.41) is 9.37. The van der Waals surface area contributed by atoms with E-state index in [0.717, 1.165) is 29.5 Å². The molecule has 0 aliphatic carbocycles. The number of aromatic nitrogens is 2. The first kappa shape index (κ1) is 21.7. The summed E-state index contributed by atoms with van der Waals surface area (Å²) >= 11 is 6.40. The van der Waals surface area contributed by atoms with Crippen molar-refractivity contribution in [3.63, 3.8) is 0 Å². The fourth-order valence-corrected chi connectivity index (χ4v) is 3.97. The zero-order chi connectivity index (χ0) is 22.7. The first-order chi connectivity index (χ1) is 15.5. The fraction of sp³-hybridized carbons (Fsp3) is 0.269. The Hall–Kier alpha value is -3.54. The molecule has 3 aromatic rings. The highest BCUT2D eigenvalue weighted by atomic mass is 35.5. The number of aryl methyl sites for hydroxylation is 1. The largest absolute Gasteiger partial charge is 0.337 e. The molecule has 1 saturated heterocycles. The molecule has 1 fully saturated rings. The van der Waals surface area contributed by atoms with Gasteiger partial charge in [0, 0.05) is 36.6 Å². The molecular formula is C26H23ClN4O. The van der Waals surface area contributed by atoms with Gasteiger partial charge in [-0.2, -0.15) is 5.26 Å². The van der Waals surface area contributed by atoms with E-state index in [4.69, 9.17) is 16.9 Å². The number of nitrogens with one attached hydrogen (secondary N) is 1. The van der Waals surface area contributed by atoms with E-state index in [9.17, 15) is 4.79 Å². The molecular weight excluding hydrogens is 420 g/mol. The van der Waals surface area contributed by atoms with Crippen molar-refractivity contribution in [1.82, 2.24) is 14.9 Å². The number of carbonyl (C=O) groups excluding carboxylic acids is 1. The van der Waals surface area contributed by atoms with Crippen molar-refractivity contribution in [3.05, 3.63) is 75.7 Å². The van der Waals surface area contributed by atoms with Crippen LogP contribution in [-0.2, 0) is 0 Å². The van der Waals surface area contributed by atoms with Crippen molar-refractivity contribution in [2.24, 2.45) is 0 Å². The Morgan fingerprint density at radius 2 is 2.00 bits per heavy atom. The van der Waals surface area contributed by atoms with Crippen molar-refractivity contribution >= 4 is 17.5 Å². The molecule has 5 nitrogen and oxygen atoms in total. The maximum atomic E-state index is 13.1. The first-order valence-electron chi connectivity index (χ1n) is 10.6. The van der Waals surface area contributed by atoms with Gasteiger partial charge in [-0.1, -0.05) is 42.6 Å². The van der Waals surface area contributed by atoms with Gasteiger partial charge in [-0.05, 0) is 54.7 Å². The molecule has 1 aromatic heterocycles. The summed E-state index contributed by atoms with van der Waals surface area (Å²) < 4.78 is 0. The first-order valence-corrected chi connectivity index (χ1v) is 11.0. The summed E-state index contributed by atoms with van der Waals surface area (Å²) in [6.45, 7) is 5.37. The monoisotopic (exact) mass is 442 g/mol. The van der Waals surface area contributed by atoms with Crippen LogP contribution in [0.25, 0.3) is 11.3 Å². The summed E-state index contributed by atoms with van der Waals surface area (Å²) in [4.78, 5) is 22.5. The van der Waals surface area contributed by atoms with Crippen molar-refractivity contribution in [1.29, 1.82) is 5.26 Å². The third-order valence-electron chi connectivity index (χ3n) is 5.66. The molecule has 0 unspecified atom stereocenters. The van der Waals surface area contributed by atoms with Crippen LogP contribution in [0.1, 0.15) is 58.6 Å². The number of benzene rings is 2. The van der Waals surface area contributed by atoms with Gasteiger partial charge in [0.15, 0.2) is 5.82 Å². The number of hydrogen-bond donors (Lipinski definition) is 1. The van der Waals surface area contributed by atoms with E-state index in [1.807, 2.05) is 54.3 Å². The van der Waals surface area contributed by atoms with Gasteiger partial charge in [0.2, 0.25) is 0 Å². The lowest BCUT2D eigenvalue weighted by molar-refractivity contribution is 0.0602. The van der Waals surface area contributed by atoms with Gasteiger partial charge < -0.3 is 9.88 Å². The van der Waals surface area contributed by atoms with E-state index in [1.165, 1.54) is 0 Å². The number of imidazole rings is 1. The molecule has 1 amide bonds. The number of nitriles is 1. The van der Waals surface area contributed by atoms with Gasteiger partial charge in [0.25, 0.3) is 5.91 Å². The third-order valence-corrected chi connectivity index (χ3v) is 5.93. The number of nitrogens with zero attached hydrogens (tertiary/aromatic N) is 3. The van der Waals surface area contributed by atoms with Gasteiger partial charge >= 0.3 is 0 Å². The van der Waals surface area contributed by atoms with Crippen molar-refractivity contribution in [2.75, 3.05) is 13.1 Å². The maximum Gasteiger partial charge on any atom is 0.253 e. The molecule has 0 saturated carbocycles. The number of aromatic amines is 1. The lowest BCUT2D eigenvalue weighted by Crippen LogP contribution is -2.48. The third kappa shape index (κ3) is 4.40. The number of unbranched alkanes of at least 4 members (excludes halogenated alkanes) is 1. The Balaban J connectivity index is 1.50. The predicted molar refractivity (Wildman–Crippen MR) is 125 cm³/mol. The number of likely N-dealkylation sites (tertiary alicyclic amines) is 1.